The molecule has 0 aromatic rings. The van der Waals surface area contributed by atoms with Gasteiger partial charge in [-0.3, -0.25) is 4.79 Å². The van der Waals surface area contributed by atoms with Crippen molar-refractivity contribution >= 4 is 5.91 Å². The Balaban J connectivity index is 2.00. The van der Waals surface area contributed by atoms with Crippen molar-refractivity contribution in [3.8, 4) is 0 Å². The van der Waals surface area contributed by atoms with E-state index in [0.717, 1.165) is 26.2 Å². The summed E-state index contributed by atoms with van der Waals surface area (Å²) in [6, 6.07) is 0. The van der Waals surface area contributed by atoms with Crippen molar-refractivity contribution in [3.05, 3.63) is 0 Å². The van der Waals surface area contributed by atoms with Crippen LogP contribution in [0.3, 0.4) is 0 Å². The van der Waals surface area contributed by atoms with Gasteiger partial charge in [0.1, 0.15) is 0 Å². The van der Waals surface area contributed by atoms with E-state index in [0.29, 0.717) is 12.3 Å². The molecule has 64 valence electrons. The van der Waals surface area contributed by atoms with Crippen molar-refractivity contribution in [1.82, 2.24) is 4.90 Å². The molecule has 4 N–H and O–H groups in total. The SMILES string of the molecule is NCC1CN(CCC(N)=O)C1. The standard InChI is InChI=1S/C7H15N3O/c8-3-6-4-10(5-6)2-1-7(9)11/h6H,1-5,8H2,(H2,9,11). The average molecular weight is 157 g/mol. The lowest BCUT2D eigenvalue weighted by atomic mass is 10.0. The third-order valence-corrected chi connectivity index (χ3v) is 2.04. The van der Waals surface area contributed by atoms with Crippen LogP contribution in [-0.4, -0.2) is 37.0 Å². The van der Waals surface area contributed by atoms with Crippen LogP contribution in [0.15, 0.2) is 0 Å². The van der Waals surface area contributed by atoms with Crippen LogP contribution in [0.1, 0.15) is 6.42 Å². The van der Waals surface area contributed by atoms with Gasteiger partial charge in [0.15, 0.2) is 0 Å². The quantitative estimate of drug-likeness (QED) is 0.535. The van der Waals surface area contributed by atoms with Gasteiger partial charge in [-0.25, -0.2) is 0 Å². The second-order valence-corrected chi connectivity index (χ2v) is 3.08. The monoisotopic (exact) mass is 157 g/mol. The fourth-order valence-corrected chi connectivity index (χ4v) is 1.28. The highest BCUT2D eigenvalue weighted by Crippen LogP contribution is 2.13. The zero-order valence-corrected chi connectivity index (χ0v) is 6.62. The molecule has 1 heterocycles. The van der Waals surface area contributed by atoms with Gasteiger partial charge in [-0.2, -0.15) is 0 Å². The van der Waals surface area contributed by atoms with E-state index in [1.54, 1.807) is 0 Å². The van der Waals surface area contributed by atoms with Crippen LogP contribution < -0.4 is 11.5 Å². The molecular formula is C7H15N3O. The summed E-state index contributed by atoms with van der Waals surface area (Å²) in [6.45, 7) is 3.62. The van der Waals surface area contributed by atoms with Crippen molar-refractivity contribution in [2.24, 2.45) is 17.4 Å². The lowest BCUT2D eigenvalue weighted by Crippen LogP contribution is -2.50. The average Bonchev–Trinajstić information content (AvgIpc) is 1.84. The summed E-state index contributed by atoms with van der Waals surface area (Å²) >= 11 is 0. The van der Waals surface area contributed by atoms with E-state index in [2.05, 4.69) is 4.90 Å². The molecule has 0 spiro atoms. The summed E-state index contributed by atoms with van der Waals surface area (Å²) in [5.41, 5.74) is 10.4. The molecule has 4 nitrogen and oxygen atoms in total. The van der Waals surface area contributed by atoms with Gasteiger partial charge in [0.05, 0.1) is 0 Å². The highest BCUT2D eigenvalue weighted by atomic mass is 16.1. The topological polar surface area (TPSA) is 72.3 Å². The van der Waals surface area contributed by atoms with E-state index in [1.165, 1.54) is 0 Å². The number of carbonyl (C=O) groups is 1. The molecule has 0 unspecified atom stereocenters. The Morgan fingerprint density at radius 2 is 2.18 bits per heavy atom. The van der Waals surface area contributed by atoms with Gasteiger partial charge in [-0.05, 0) is 12.5 Å². The molecule has 0 atom stereocenters. The van der Waals surface area contributed by atoms with Gasteiger partial charge in [0, 0.05) is 26.1 Å². The Bertz CT molecular complexity index is 143. The maximum Gasteiger partial charge on any atom is 0.218 e. The summed E-state index contributed by atoms with van der Waals surface area (Å²) in [5, 5.41) is 0. The Morgan fingerprint density at radius 3 is 2.64 bits per heavy atom. The van der Waals surface area contributed by atoms with E-state index in [-0.39, 0.29) is 5.91 Å². The molecule has 11 heavy (non-hydrogen) atoms. The van der Waals surface area contributed by atoms with E-state index in [1.807, 2.05) is 0 Å². The molecule has 0 radical (unpaired) electrons. The van der Waals surface area contributed by atoms with Gasteiger partial charge >= 0.3 is 0 Å². The van der Waals surface area contributed by atoms with Crippen molar-refractivity contribution in [2.75, 3.05) is 26.2 Å². The molecule has 4 heteroatoms. The Morgan fingerprint density at radius 1 is 1.55 bits per heavy atom. The van der Waals surface area contributed by atoms with Crippen LogP contribution >= 0.6 is 0 Å². The largest absolute Gasteiger partial charge is 0.370 e. The minimum absolute atomic E-state index is 0.221. The maximum atomic E-state index is 10.4. The summed E-state index contributed by atoms with van der Waals surface area (Å²) < 4.78 is 0. The van der Waals surface area contributed by atoms with Crippen LogP contribution in [0.25, 0.3) is 0 Å². The molecule has 1 fully saturated rings. The number of amides is 1. The number of nitrogens with two attached hydrogens (primary N) is 2. The van der Waals surface area contributed by atoms with Crippen LogP contribution in [0.4, 0.5) is 0 Å². The molecule has 1 rings (SSSR count). The molecule has 0 aliphatic carbocycles. The van der Waals surface area contributed by atoms with Gasteiger partial charge in [-0.1, -0.05) is 0 Å². The smallest absolute Gasteiger partial charge is 0.218 e. The molecule has 1 aliphatic heterocycles. The Labute approximate surface area is 66.5 Å². The molecule has 1 saturated heterocycles. The van der Waals surface area contributed by atoms with E-state index >= 15 is 0 Å². The second kappa shape index (κ2) is 3.69. The Hall–Kier alpha value is -0.610. The summed E-state index contributed by atoms with van der Waals surface area (Å²) in [4.78, 5) is 12.6. The van der Waals surface area contributed by atoms with Gasteiger partial charge in [-0.15, -0.1) is 0 Å². The lowest BCUT2D eigenvalue weighted by molar-refractivity contribution is -0.118. The first-order valence-electron chi connectivity index (χ1n) is 3.93. The third kappa shape index (κ3) is 2.48. The molecule has 0 aromatic carbocycles. The molecule has 0 saturated carbocycles. The summed E-state index contributed by atoms with van der Waals surface area (Å²) in [6.07, 6.45) is 0.470. The summed E-state index contributed by atoms with van der Waals surface area (Å²) in [7, 11) is 0. The van der Waals surface area contributed by atoms with Gasteiger partial charge in [0.2, 0.25) is 5.91 Å². The number of hydrogen-bond acceptors (Lipinski definition) is 3. The number of carbonyl (C=O) groups excluding carboxylic acids is 1. The normalized spacial score (nSPS) is 19.7. The number of likely N-dealkylation sites (tertiary alicyclic amines) is 1. The van der Waals surface area contributed by atoms with Crippen LogP contribution in [0.2, 0.25) is 0 Å². The molecule has 1 aliphatic rings. The minimum Gasteiger partial charge on any atom is -0.370 e. The zero-order valence-electron chi connectivity index (χ0n) is 6.62. The van der Waals surface area contributed by atoms with Gasteiger partial charge < -0.3 is 16.4 Å². The number of hydrogen-bond donors (Lipinski definition) is 2. The fourth-order valence-electron chi connectivity index (χ4n) is 1.28. The van der Waals surface area contributed by atoms with E-state index in [4.69, 9.17) is 11.5 Å². The first-order valence-corrected chi connectivity index (χ1v) is 3.93. The van der Waals surface area contributed by atoms with E-state index in [9.17, 15) is 4.79 Å². The predicted octanol–water partition coefficient (Wildman–Crippen LogP) is -1.25. The van der Waals surface area contributed by atoms with Crippen molar-refractivity contribution in [3.63, 3.8) is 0 Å². The van der Waals surface area contributed by atoms with E-state index < -0.39 is 0 Å². The second-order valence-electron chi connectivity index (χ2n) is 3.08. The maximum absolute atomic E-state index is 10.4. The third-order valence-electron chi connectivity index (χ3n) is 2.04. The van der Waals surface area contributed by atoms with Crippen molar-refractivity contribution in [1.29, 1.82) is 0 Å². The van der Waals surface area contributed by atoms with Gasteiger partial charge in [0.25, 0.3) is 0 Å². The van der Waals surface area contributed by atoms with Crippen LogP contribution in [-0.2, 0) is 4.79 Å². The molecule has 0 bridgehead atoms. The Kier molecular flexibility index (Phi) is 2.84. The zero-order chi connectivity index (χ0) is 8.27. The first-order chi connectivity index (χ1) is 5.22. The van der Waals surface area contributed by atoms with Crippen LogP contribution in [0, 0.1) is 5.92 Å². The lowest BCUT2D eigenvalue weighted by Gasteiger charge is -2.38. The number of primary amides is 1. The molecular weight excluding hydrogens is 142 g/mol. The molecule has 1 amide bonds. The van der Waals surface area contributed by atoms with Crippen molar-refractivity contribution < 1.29 is 4.79 Å². The summed E-state index contributed by atoms with van der Waals surface area (Å²) in [5.74, 6) is 0.420. The highest BCUT2D eigenvalue weighted by molar-refractivity contribution is 5.73. The fraction of sp³-hybridized carbons (Fsp3) is 0.857. The van der Waals surface area contributed by atoms with Crippen molar-refractivity contribution in [2.45, 2.75) is 6.42 Å². The minimum atomic E-state index is -0.221. The highest BCUT2D eigenvalue weighted by Gasteiger charge is 2.24. The number of nitrogens with zero attached hydrogens (tertiary/aromatic N) is 1. The predicted molar refractivity (Wildman–Crippen MR) is 42.8 cm³/mol. The number of rotatable bonds is 4. The molecule has 0 aromatic heterocycles. The van der Waals surface area contributed by atoms with Crippen LogP contribution in [0.5, 0.6) is 0 Å². The first kappa shape index (κ1) is 8.49.